The van der Waals surface area contributed by atoms with Crippen molar-refractivity contribution in [2.45, 2.75) is 51.9 Å². The van der Waals surface area contributed by atoms with Crippen LogP contribution in [0, 0.1) is 0 Å². The predicted octanol–water partition coefficient (Wildman–Crippen LogP) is 6.28. The van der Waals surface area contributed by atoms with Crippen molar-refractivity contribution in [3.8, 4) is 11.5 Å². The molecular formula is C28H34N2O3. The molecule has 174 valence electrons. The highest BCUT2D eigenvalue weighted by Crippen LogP contribution is 2.28. The Morgan fingerprint density at radius 2 is 1.73 bits per heavy atom. The number of carbonyl (C=O) groups excluding carboxylic acids is 1. The number of ether oxygens (including phenoxy) is 2. The van der Waals surface area contributed by atoms with Gasteiger partial charge in [0.05, 0.1) is 26.4 Å². The average Bonchev–Trinajstić information content (AvgIpc) is 2.84. The van der Waals surface area contributed by atoms with Gasteiger partial charge in [-0.15, -0.1) is 0 Å². The highest BCUT2D eigenvalue weighted by molar-refractivity contribution is 5.90. The molecule has 1 amide bonds. The maximum atomic E-state index is 12.4. The fraction of sp³-hybridized carbons (Fsp3) is 0.357. The molecule has 33 heavy (non-hydrogen) atoms. The van der Waals surface area contributed by atoms with E-state index in [0.717, 1.165) is 34.1 Å². The molecule has 0 aliphatic carbocycles. The summed E-state index contributed by atoms with van der Waals surface area (Å²) in [5.41, 5.74) is 4.42. The van der Waals surface area contributed by atoms with Crippen LogP contribution >= 0.6 is 0 Å². The summed E-state index contributed by atoms with van der Waals surface area (Å²) in [5.74, 6) is 1.23. The zero-order valence-corrected chi connectivity index (χ0v) is 19.7. The Kier molecular flexibility index (Phi) is 9.77. The van der Waals surface area contributed by atoms with Gasteiger partial charge < -0.3 is 9.47 Å². The summed E-state index contributed by atoms with van der Waals surface area (Å²) < 4.78 is 11.4. The van der Waals surface area contributed by atoms with Crippen molar-refractivity contribution >= 4 is 22.9 Å². The van der Waals surface area contributed by atoms with Crippen molar-refractivity contribution in [1.29, 1.82) is 0 Å². The van der Waals surface area contributed by atoms with Crippen LogP contribution in [0.5, 0.6) is 11.5 Å². The van der Waals surface area contributed by atoms with Gasteiger partial charge in [-0.1, -0.05) is 81.5 Å². The van der Waals surface area contributed by atoms with Gasteiger partial charge in [-0.2, -0.15) is 5.10 Å². The van der Waals surface area contributed by atoms with E-state index in [2.05, 4.69) is 17.5 Å². The molecule has 0 atom stereocenters. The Morgan fingerprint density at radius 3 is 2.58 bits per heavy atom. The molecule has 0 fully saturated rings. The first kappa shape index (κ1) is 24.3. The number of amides is 1. The van der Waals surface area contributed by atoms with Crippen molar-refractivity contribution in [2.24, 2.45) is 5.10 Å². The van der Waals surface area contributed by atoms with Gasteiger partial charge in [0.1, 0.15) is 0 Å². The van der Waals surface area contributed by atoms with Crippen LogP contribution in [0.15, 0.2) is 65.8 Å². The quantitative estimate of drug-likeness (QED) is 0.191. The van der Waals surface area contributed by atoms with E-state index in [1.807, 2.05) is 60.7 Å². The van der Waals surface area contributed by atoms with E-state index in [4.69, 9.17) is 9.47 Å². The van der Waals surface area contributed by atoms with E-state index in [1.54, 1.807) is 13.3 Å². The number of hydrogen-bond acceptors (Lipinski definition) is 4. The number of hydrazone groups is 1. The number of nitrogens with one attached hydrogen (secondary N) is 1. The summed E-state index contributed by atoms with van der Waals surface area (Å²) in [6, 6.07) is 19.7. The van der Waals surface area contributed by atoms with E-state index in [-0.39, 0.29) is 12.3 Å². The smallest absolute Gasteiger partial charge is 0.244 e. The molecule has 0 unspecified atom stereocenters. The lowest BCUT2D eigenvalue weighted by atomic mass is 10.0. The first-order valence-electron chi connectivity index (χ1n) is 11.8. The Labute approximate surface area is 196 Å². The number of carbonyl (C=O) groups is 1. The van der Waals surface area contributed by atoms with Gasteiger partial charge in [0, 0.05) is 0 Å². The van der Waals surface area contributed by atoms with E-state index < -0.39 is 0 Å². The molecule has 1 N–H and O–H groups in total. The third kappa shape index (κ3) is 7.63. The van der Waals surface area contributed by atoms with Gasteiger partial charge in [0.15, 0.2) is 11.5 Å². The maximum Gasteiger partial charge on any atom is 0.244 e. The van der Waals surface area contributed by atoms with Crippen LogP contribution in [-0.2, 0) is 11.2 Å². The third-order valence-electron chi connectivity index (χ3n) is 5.58. The number of hydrogen-bond donors (Lipinski definition) is 1. The number of methoxy groups -OCH3 is 1. The van der Waals surface area contributed by atoms with E-state index >= 15 is 0 Å². The molecule has 0 heterocycles. The number of fused-ring (bicyclic) bond motifs is 1. The normalized spacial score (nSPS) is 11.1. The van der Waals surface area contributed by atoms with Crippen LogP contribution in [0.25, 0.3) is 10.8 Å². The lowest BCUT2D eigenvalue weighted by Gasteiger charge is -2.11. The highest BCUT2D eigenvalue weighted by Gasteiger charge is 2.07. The largest absolute Gasteiger partial charge is 0.493 e. The van der Waals surface area contributed by atoms with Crippen molar-refractivity contribution < 1.29 is 14.3 Å². The predicted molar refractivity (Wildman–Crippen MR) is 135 cm³/mol. The minimum absolute atomic E-state index is 0.159. The average molecular weight is 447 g/mol. The van der Waals surface area contributed by atoms with E-state index in [9.17, 15) is 4.79 Å². The Balaban J connectivity index is 1.49. The van der Waals surface area contributed by atoms with Crippen molar-refractivity contribution in [1.82, 2.24) is 5.43 Å². The summed E-state index contributed by atoms with van der Waals surface area (Å²) in [4.78, 5) is 12.4. The molecule has 3 rings (SSSR count). The van der Waals surface area contributed by atoms with Gasteiger partial charge in [-0.3, -0.25) is 4.79 Å². The minimum Gasteiger partial charge on any atom is -0.493 e. The third-order valence-corrected chi connectivity index (χ3v) is 5.58. The summed E-state index contributed by atoms with van der Waals surface area (Å²) in [6.45, 7) is 2.91. The number of nitrogens with zero attached hydrogens (tertiary/aromatic N) is 1. The zero-order chi connectivity index (χ0) is 23.3. The summed E-state index contributed by atoms with van der Waals surface area (Å²) in [7, 11) is 1.62. The Morgan fingerprint density at radius 1 is 0.939 bits per heavy atom. The second-order valence-corrected chi connectivity index (χ2v) is 8.13. The van der Waals surface area contributed by atoms with Crippen LogP contribution < -0.4 is 14.9 Å². The van der Waals surface area contributed by atoms with Gasteiger partial charge in [-0.25, -0.2) is 5.43 Å². The van der Waals surface area contributed by atoms with Crippen LogP contribution in [0.1, 0.15) is 56.6 Å². The topological polar surface area (TPSA) is 59.9 Å². The molecular weight excluding hydrogens is 412 g/mol. The van der Waals surface area contributed by atoms with Crippen LogP contribution in [0.3, 0.4) is 0 Å². The Hall–Kier alpha value is -3.34. The van der Waals surface area contributed by atoms with Crippen LogP contribution in [0.4, 0.5) is 0 Å². The first-order chi connectivity index (χ1) is 16.2. The minimum atomic E-state index is -0.159. The molecule has 3 aromatic rings. The van der Waals surface area contributed by atoms with E-state index in [1.165, 1.54) is 32.1 Å². The molecule has 0 aliphatic heterocycles. The molecule has 0 aliphatic rings. The lowest BCUT2D eigenvalue weighted by molar-refractivity contribution is -0.120. The SMILES string of the molecule is CCCCCCCCOc1ccc(C=NNC(=O)Cc2cccc3ccccc23)cc1OC. The zero-order valence-electron chi connectivity index (χ0n) is 19.7. The summed E-state index contributed by atoms with van der Waals surface area (Å²) in [5, 5.41) is 6.32. The van der Waals surface area contributed by atoms with E-state index in [0.29, 0.717) is 12.4 Å². The van der Waals surface area contributed by atoms with Gasteiger partial charge in [-0.05, 0) is 46.5 Å². The maximum absolute atomic E-state index is 12.4. The Bertz CT molecular complexity index is 1060. The fourth-order valence-electron chi connectivity index (χ4n) is 3.79. The number of benzene rings is 3. The molecule has 0 bridgehead atoms. The number of unbranched alkanes of at least 4 members (excludes halogenated alkanes) is 5. The molecule has 5 heteroatoms. The standard InChI is InChI=1S/C28H34N2O3/c1-3-4-5-6-7-10-18-33-26-17-16-22(19-27(26)32-2)21-29-30-28(31)20-24-14-11-13-23-12-8-9-15-25(23)24/h8-9,11-17,19,21H,3-7,10,18,20H2,1-2H3,(H,30,31). The second-order valence-electron chi connectivity index (χ2n) is 8.13. The monoisotopic (exact) mass is 446 g/mol. The van der Waals surface area contributed by atoms with Crippen LogP contribution in [0.2, 0.25) is 0 Å². The first-order valence-corrected chi connectivity index (χ1v) is 11.8. The highest BCUT2D eigenvalue weighted by atomic mass is 16.5. The van der Waals surface area contributed by atoms with Crippen LogP contribution in [-0.4, -0.2) is 25.8 Å². The number of rotatable bonds is 13. The summed E-state index contributed by atoms with van der Waals surface area (Å²) >= 11 is 0. The van der Waals surface area contributed by atoms with Crippen molar-refractivity contribution in [3.05, 3.63) is 71.8 Å². The van der Waals surface area contributed by atoms with Gasteiger partial charge in [0.2, 0.25) is 5.91 Å². The summed E-state index contributed by atoms with van der Waals surface area (Å²) in [6.07, 6.45) is 9.24. The fourth-order valence-corrected chi connectivity index (χ4v) is 3.79. The molecule has 0 aromatic heterocycles. The van der Waals surface area contributed by atoms with Crippen molar-refractivity contribution in [2.75, 3.05) is 13.7 Å². The lowest BCUT2D eigenvalue weighted by Crippen LogP contribution is -2.19. The second kappa shape index (κ2) is 13.3. The molecule has 0 saturated heterocycles. The molecule has 0 spiro atoms. The molecule has 3 aromatic carbocycles. The molecule has 0 saturated carbocycles. The van der Waals surface area contributed by atoms with Crippen molar-refractivity contribution in [3.63, 3.8) is 0 Å². The van der Waals surface area contributed by atoms with Gasteiger partial charge in [0.25, 0.3) is 0 Å². The molecule has 0 radical (unpaired) electrons. The van der Waals surface area contributed by atoms with Gasteiger partial charge >= 0.3 is 0 Å². The molecule has 5 nitrogen and oxygen atoms in total.